The molecule has 23 heavy (non-hydrogen) atoms. The van der Waals surface area contributed by atoms with Gasteiger partial charge >= 0.3 is 0 Å². The number of carbonyl (C=O) groups excluding carboxylic acids is 2. The Morgan fingerprint density at radius 3 is 2.57 bits per heavy atom. The van der Waals surface area contributed by atoms with E-state index in [1.807, 2.05) is 17.5 Å². The van der Waals surface area contributed by atoms with Crippen LogP contribution in [0.5, 0.6) is 0 Å². The van der Waals surface area contributed by atoms with Crippen LogP contribution in [0, 0.1) is 0 Å². The summed E-state index contributed by atoms with van der Waals surface area (Å²) in [6, 6.07) is 10.8. The van der Waals surface area contributed by atoms with Gasteiger partial charge in [-0.25, -0.2) is 0 Å². The van der Waals surface area contributed by atoms with Gasteiger partial charge in [0.25, 0.3) is 5.91 Å². The normalized spacial score (nSPS) is 10.3. The second kappa shape index (κ2) is 6.67. The van der Waals surface area contributed by atoms with Gasteiger partial charge in [0.15, 0.2) is 0 Å². The Hall–Kier alpha value is -2.58. The number of hydrogen-bond acceptors (Lipinski definition) is 6. The molecular weight excluding hydrogens is 332 g/mol. The van der Waals surface area contributed by atoms with E-state index in [0.717, 1.165) is 16.4 Å². The smallest absolute Gasteiger partial charge is 0.269 e. The van der Waals surface area contributed by atoms with Gasteiger partial charge < -0.3 is 10.6 Å². The number of carbonyl (C=O) groups is 2. The predicted octanol–water partition coefficient (Wildman–Crippen LogP) is 3.48. The molecule has 3 rings (SSSR count). The average molecular weight is 344 g/mol. The van der Waals surface area contributed by atoms with E-state index in [2.05, 4.69) is 20.2 Å². The molecule has 0 saturated heterocycles. The van der Waals surface area contributed by atoms with Gasteiger partial charge in [0.1, 0.15) is 10.6 Å². The Kier molecular flexibility index (Phi) is 4.45. The minimum Gasteiger partial charge on any atom is -0.326 e. The monoisotopic (exact) mass is 344 g/mol. The first-order chi connectivity index (χ1) is 11.1. The summed E-state index contributed by atoms with van der Waals surface area (Å²) in [5.41, 5.74) is 1.79. The fourth-order valence-corrected chi connectivity index (χ4v) is 3.34. The molecule has 0 saturated carbocycles. The van der Waals surface area contributed by atoms with Crippen LogP contribution in [0.4, 0.5) is 11.4 Å². The molecule has 0 aliphatic carbocycles. The van der Waals surface area contributed by atoms with Crippen LogP contribution in [0.25, 0.3) is 10.6 Å². The van der Waals surface area contributed by atoms with Crippen molar-refractivity contribution in [3.63, 3.8) is 0 Å². The molecule has 6 nitrogen and oxygen atoms in total. The van der Waals surface area contributed by atoms with Gasteiger partial charge in [-0.1, -0.05) is 16.6 Å². The second-order valence-electron chi connectivity index (χ2n) is 4.64. The summed E-state index contributed by atoms with van der Waals surface area (Å²) in [4.78, 5) is 24.9. The molecule has 2 N–H and O–H groups in total. The number of anilines is 2. The van der Waals surface area contributed by atoms with Gasteiger partial charge in [-0.05, 0) is 41.2 Å². The van der Waals surface area contributed by atoms with E-state index in [9.17, 15) is 9.59 Å². The zero-order chi connectivity index (χ0) is 16.2. The number of thiophene rings is 1. The van der Waals surface area contributed by atoms with Crippen molar-refractivity contribution in [3.05, 3.63) is 46.7 Å². The third-order valence-electron chi connectivity index (χ3n) is 2.89. The van der Waals surface area contributed by atoms with Gasteiger partial charge in [-0.3, -0.25) is 9.59 Å². The first kappa shape index (κ1) is 15.3. The van der Waals surface area contributed by atoms with Gasteiger partial charge in [-0.2, -0.15) is 0 Å². The number of nitrogens with one attached hydrogen (secondary N) is 2. The fraction of sp³-hybridized carbons (Fsp3) is 0.0667. The van der Waals surface area contributed by atoms with E-state index >= 15 is 0 Å². The highest BCUT2D eigenvalue weighted by Gasteiger charge is 2.18. The molecule has 0 spiro atoms. The number of rotatable bonds is 4. The van der Waals surface area contributed by atoms with Crippen molar-refractivity contribution in [1.82, 2.24) is 9.59 Å². The maximum atomic E-state index is 12.5. The summed E-state index contributed by atoms with van der Waals surface area (Å²) in [5.74, 6) is -0.441. The highest BCUT2D eigenvalue weighted by atomic mass is 32.1. The molecule has 8 heteroatoms. The van der Waals surface area contributed by atoms with Crippen LogP contribution in [0.2, 0.25) is 0 Å². The van der Waals surface area contributed by atoms with Crippen LogP contribution < -0.4 is 10.6 Å². The third kappa shape index (κ3) is 3.61. The van der Waals surface area contributed by atoms with Crippen LogP contribution in [-0.2, 0) is 4.79 Å². The van der Waals surface area contributed by atoms with Crippen molar-refractivity contribution in [2.45, 2.75) is 6.92 Å². The quantitative estimate of drug-likeness (QED) is 0.759. The summed E-state index contributed by atoms with van der Waals surface area (Å²) in [6.45, 7) is 1.43. The Balaban J connectivity index is 1.80. The molecule has 0 atom stereocenters. The van der Waals surface area contributed by atoms with Crippen molar-refractivity contribution >= 4 is 46.1 Å². The first-order valence-electron chi connectivity index (χ1n) is 6.69. The van der Waals surface area contributed by atoms with E-state index in [1.165, 1.54) is 18.3 Å². The molecular formula is C15H12N4O2S2. The zero-order valence-corrected chi connectivity index (χ0v) is 13.7. The summed E-state index contributed by atoms with van der Waals surface area (Å²) < 4.78 is 3.88. The van der Waals surface area contributed by atoms with E-state index < -0.39 is 0 Å². The highest BCUT2D eigenvalue weighted by Crippen LogP contribution is 2.28. The maximum Gasteiger partial charge on any atom is 0.269 e. The molecule has 0 fully saturated rings. The number of benzene rings is 1. The Labute approximate surface area is 140 Å². The Morgan fingerprint density at radius 1 is 1.09 bits per heavy atom. The standard InChI is InChI=1S/C15H12N4O2S2/c1-9(20)16-10-4-2-5-11(8-10)17-15(21)14-13(18-19-23-14)12-6-3-7-22-12/h2-8H,1H3,(H,16,20)(H,17,21). The molecule has 0 unspecified atom stereocenters. The SMILES string of the molecule is CC(=O)Nc1cccc(NC(=O)c2snnc2-c2cccs2)c1. The summed E-state index contributed by atoms with van der Waals surface area (Å²) in [7, 11) is 0. The van der Waals surface area contributed by atoms with Gasteiger partial charge in [0.05, 0.1) is 4.88 Å². The van der Waals surface area contributed by atoms with E-state index in [1.54, 1.807) is 24.3 Å². The van der Waals surface area contributed by atoms with Crippen LogP contribution in [0.15, 0.2) is 41.8 Å². The number of nitrogens with zero attached hydrogens (tertiary/aromatic N) is 2. The lowest BCUT2D eigenvalue weighted by molar-refractivity contribution is -0.114. The zero-order valence-electron chi connectivity index (χ0n) is 12.1. The van der Waals surface area contributed by atoms with E-state index in [0.29, 0.717) is 21.9 Å². The number of hydrogen-bond donors (Lipinski definition) is 2. The molecule has 0 aliphatic heterocycles. The van der Waals surface area contributed by atoms with Crippen molar-refractivity contribution in [1.29, 1.82) is 0 Å². The van der Waals surface area contributed by atoms with Gasteiger partial charge in [0.2, 0.25) is 5.91 Å². The summed E-state index contributed by atoms with van der Waals surface area (Å²) in [6.07, 6.45) is 0. The minimum atomic E-state index is -0.275. The lowest BCUT2D eigenvalue weighted by Gasteiger charge is -2.07. The molecule has 0 aliphatic rings. The van der Waals surface area contributed by atoms with Crippen molar-refractivity contribution in [2.24, 2.45) is 0 Å². The highest BCUT2D eigenvalue weighted by molar-refractivity contribution is 7.14. The molecule has 2 heterocycles. The average Bonchev–Trinajstić information content (AvgIpc) is 3.18. The second-order valence-corrected chi connectivity index (χ2v) is 6.35. The third-order valence-corrected chi connectivity index (χ3v) is 4.49. The van der Waals surface area contributed by atoms with Gasteiger partial charge in [-0.15, -0.1) is 16.4 Å². The molecule has 2 aromatic heterocycles. The van der Waals surface area contributed by atoms with E-state index in [-0.39, 0.29) is 11.8 Å². The first-order valence-corrected chi connectivity index (χ1v) is 8.34. The molecule has 3 aromatic rings. The van der Waals surface area contributed by atoms with Crippen molar-refractivity contribution < 1.29 is 9.59 Å². The molecule has 0 radical (unpaired) electrons. The van der Waals surface area contributed by atoms with E-state index in [4.69, 9.17) is 0 Å². The van der Waals surface area contributed by atoms with Gasteiger partial charge in [0, 0.05) is 18.3 Å². The minimum absolute atomic E-state index is 0.167. The van der Waals surface area contributed by atoms with Crippen LogP contribution in [0.3, 0.4) is 0 Å². The summed E-state index contributed by atoms with van der Waals surface area (Å²) in [5, 5.41) is 11.4. The molecule has 1 aromatic carbocycles. The fourth-order valence-electron chi connectivity index (χ4n) is 1.98. The Bertz CT molecular complexity index is 843. The number of aromatic nitrogens is 2. The lowest BCUT2D eigenvalue weighted by Crippen LogP contribution is -2.12. The largest absolute Gasteiger partial charge is 0.326 e. The van der Waals surface area contributed by atoms with Crippen molar-refractivity contribution in [2.75, 3.05) is 10.6 Å². The topological polar surface area (TPSA) is 84.0 Å². The summed E-state index contributed by atoms with van der Waals surface area (Å²) >= 11 is 2.56. The van der Waals surface area contributed by atoms with Crippen LogP contribution in [-0.4, -0.2) is 21.4 Å². The maximum absolute atomic E-state index is 12.5. The van der Waals surface area contributed by atoms with Crippen molar-refractivity contribution in [3.8, 4) is 10.6 Å². The van der Waals surface area contributed by atoms with Crippen LogP contribution >= 0.6 is 22.9 Å². The van der Waals surface area contributed by atoms with Crippen LogP contribution in [0.1, 0.15) is 16.6 Å². The Morgan fingerprint density at radius 2 is 1.87 bits per heavy atom. The predicted molar refractivity (Wildman–Crippen MR) is 91.9 cm³/mol. The number of amides is 2. The molecule has 116 valence electrons. The lowest BCUT2D eigenvalue weighted by atomic mass is 10.2. The molecule has 2 amide bonds. The molecule has 0 bridgehead atoms.